The Bertz CT molecular complexity index is 109. The van der Waals surface area contributed by atoms with E-state index in [1.54, 1.807) is 6.92 Å². The van der Waals surface area contributed by atoms with Crippen LogP contribution in [0.3, 0.4) is 0 Å². The van der Waals surface area contributed by atoms with Crippen LogP contribution in [0.2, 0.25) is 0 Å². The average molecular weight is 283 g/mol. The molecule has 0 spiro atoms. The van der Waals surface area contributed by atoms with Crippen molar-refractivity contribution in [3.05, 3.63) is 11.9 Å². The van der Waals surface area contributed by atoms with Crippen LogP contribution in [0.25, 0.3) is 11.9 Å². The van der Waals surface area contributed by atoms with E-state index in [0.717, 1.165) is 0 Å². The maximum absolute atomic E-state index is 9.87. The normalized spacial score (nSPS) is 5.36. The molecular formula is C8H22N2O3Y-2. The van der Waals surface area contributed by atoms with Crippen LogP contribution in [0.5, 0.6) is 0 Å². The fourth-order valence-corrected chi connectivity index (χ4v) is 0.213. The number of hydrogen-bond donors (Lipinski definition) is 1. The number of ketones is 1. The topological polar surface area (TPSA) is 112 Å². The van der Waals surface area contributed by atoms with Crippen LogP contribution in [0.1, 0.15) is 35.1 Å². The van der Waals surface area contributed by atoms with Crippen LogP contribution >= 0.6 is 0 Å². The number of hydrogen-bond acceptors (Lipinski definition) is 2. The molecule has 14 heavy (non-hydrogen) atoms. The first-order chi connectivity index (χ1) is 4.54. The number of carboxylic acids is 1. The third-order valence-electron chi connectivity index (χ3n) is 0.400. The summed E-state index contributed by atoms with van der Waals surface area (Å²) in [4.78, 5) is 19.5. The second-order valence-corrected chi connectivity index (χ2v) is 1.63. The first kappa shape index (κ1) is 36.8. The van der Waals surface area contributed by atoms with Gasteiger partial charge in [-0.25, -0.2) is 0 Å². The molecule has 87 valence electrons. The maximum atomic E-state index is 9.87. The number of carbonyl (C=O) groups is 2. The fraction of sp³-hybridized carbons (Fsp3) is 0.750. The summed E-state index contributed by atoms with van der Waals surface area (Å²) in [6.45, 7) is 3.54. The Labute approximate surface area is 112 Å². The molecule has 0 aliphatic rings. The smallest absolute Gasteiger partial charge is 0.310 e. The molecule has 1 radical (unpaired) electrons. The Kier molecular flexibility index (Phi) is 76.9. The summed E-state index contributed by atoms with van der Waals surface area (Å²) in [6.07, 6.45) is -0.361. The average Bonchev–Trinajstić information content (AvgIpc) is 1.62. The molecule has 0 heterocycles. The van der Waals surface area contributed by atoms with Crippen molar-refractivity contribution in [3.8, 4) is 0 Å². The molecule has 0 atom stereocenters. The standard InChI is InChI=1S/C4H6O3.C2H6N.2CH4.H2N.Y/c1-3(5)2-4(6)7;1-2-3;;;;/h2H2,1H3,(H,6,7);3H,2H2,1H3;2*1H4;1H2;/q;-1;;;-1;. The Morgan fingerprint density at radius 1 is 1.29 bits per heavy atom. The van der Waals surface area contributed by atoms with Crippen molar-refractivity contribution in [2.75, 3.05) is 6.54 Å². The first-order valence-corrected chi connectivity index (χ1v) is 2.90. The summed E-state index contributed by atoms with van der Waals surface area (Å²) in [5.41, 5.74) is 6.21. The van der Waals surface area contributed by atoms with Gasteiger partial charge in [-0.2, -0.15) is 6.54 Å². The minimum Gasteiger partial charge on any atom is -0.693 e. The van der Waals surface area contributed by atoms with E-state index in [1.807, 2.05) is 0 Å². The molecule has 0 amide bonds. The molecule has 0 aromatic rings. The first-order valence-electron chi connectivity index (χ1n) is 2.90. The van der Waals surface area contributed by atoms with E-state index in [-0.39, 0.29) is 65.9 Å². The van der Waals surface area contributed by atoms with Crippen LogP contribution in [0.4, 0.5) is 0 Å². The Balaban J connectivity index is -0.0000000208. The number of Topliss-reactive ketones (excluding diaryl/α,β-unsaturated/α-hetero) is 1. The number of carboxylic acid groups (broad SMARTS) is 1. The largest absolute Gasteiger partial charge is 0.693 e. The Morgan fingerprint density at radius 3 is 1.50 bits per heavy atom. The molecule has 5 nitrogen and oxygen atoms in total. The predicted octanol–water partition coefficient (Wildman–Crippen LogP) is 3.10. The second-order valence-electron chi connectivity index (χ2n) is 1.63. The van der Waals surface area contributed by atoms with Gasteiger partial charge in [0.05, 0.1) is 0 Å². The van der Waals surface area contributed by atoms with Crippen LogP contribution < -0.4 is 0 Å². The molecular weight excluding hydrogens is 261 g/mol. The summed E-state index contributed by atoms with van der Waals surface area (Å²) in [5, 5.41) is 7.86. The minimum absolute atomic E-state index is 0. The summed E-state index contributed by atoms with van der Waals surface area (Å²) in [7, 11) is 0. The van der Waals surface area contributed by atoms with Gasteiger partial charge in [-0.3, -0.25) is 9.59 Å². The van der Waals surface area contributed by atoms with Gasteiger partial charge in [-0.05, 0) is 6.92 Å². The van der Waals surface area contributed by atoms with E-state index in [0.29, 0.717) is 6.54 Å². The van der Waals surface area contributed by atoms with E-state index in [9.17, 15) is 9.59 Å². The van der Waals surface area contributed by atoms with Crippen molar-refractivity contribution >= 4 is 11.8 Å². The number of nitrogens with one attached hydrogen (secondary N) is 1. The van der Waals surface area contributed by atoms with E-state index in [4.69, 9.17) is 10.8 Å². The van der Waals surface area contributed by atoms with Crippen LogP contribution in [0.15, 0.2) is 0 Å². The zero-order valence-corrected chi connectivity index (χ0v) is 10.2. The molecule has 6 heteroatoms. The van der Waals surface area contributed by atoms with Gasteiger partial charge in [-0.15, -0.1) is 0 Å². The van der Waals surface area contributed by atoms with E-state index < -0.39 is 5.97 Å². The molecule has 0 saturated heterocycles. The van der Waals surface area contributed by atoms with Gasteiger partial charge in [0.25, 0.3) is 0 Å². The number of nitrogens with two attached hydrogens (primary N) is 1. The number of carbonyl (C=O) groups excluding carboxylic acids is 1. The molecule has 0 rings (SSSR count). The molecule has 0 saturated carbocycles. The molecule has 0 fully saturated rings. The molecule has 0 bridgehead atoms. The summed E-state index contributed by atoms with van der Waals surface area (Å²) in [5.74, 6) is -1.37. The maximum Gasteiger partial charge on any atom is 0.310 e. The Morgan fingerprint density at radius 2 is 1.50 bits per heavy atom. The summed E-state index contributed by atoms with van der Waals surface area (Å²) >= 11 is 0. The van der Waals surface area contributed by atoms with Crippen LogP contribution in [0, 0.1) is 0 Å². The fourth-order valence-electron chi connectivity index (χ4n) is 0.213. The van der Waals surface area contributed by atoms with E-state index >= 15 is 0 Å². The van der Waals surface area contributed by atoms with Gasteiger partial charge >= 0.3 is 5.97 Å². The monoisotopic (exact) mass is 283 g/mol. The van der Waals surface area contributed by atoms with Crippen LogP contribution in [-0.4, -0.2) is 23.4 Å². The minimum atomic E-state index is -1.06. The SMILES string of the molecule is C.C.CC(=O)CC(=O)O.CC[NH-].[NH2-].[Y]. The third kappa shape index (κ3) is 87.4. The van der Waals surface area contributed by atoms with Gasteiger partial charge in [-0.1, -0.05) is 21.8 Å². The van der Waals surface area contributed by atoms with Crippen molar-refractivity contribution in [1.82, 2.24) is 0 Å². The molecule has 0 aromatic carbocycles. The van der Waals surface area contributed by atoms with Crippen molar-refractivity contribution in [2.24, 2.45) is 0 Å². The van der Waals surface area contributed by atoms with Gasteiger partial charge in [0.1, 0.15) is 12.2 Å². The molecule has 0 aliphatic carbocycles. The van der Waals surface area contributed by atoms with Gasteiger partial charge in [0.2, 0.25) is 0 Å². The summed E-state index contributed by atoms with van der Waals surface area (Å²) in [6, 6.07) is 0. The molecule has 0 aromatic heterocycles. The van der Waals surface area contributed by atoms with Crippen molar-refractivity contribution < 1.29 is 47.4 Å². The van der Waals surface area contributed by atoms with Gasteiger partial charge in [0.15, 0.2) is 0 Å². The summed E-state index contributed by atoms with van der Waals surface area (Å²) < 4.78 is 0. The quantitative estimate of drug-likeness (QED) is 0.785. The molecule has 0 aliphatic heterocycles. The number of rotatable bonds is 2. The molecule has 4 N–H and O–H groups in total. The number of aliphatic carboxylic acids is 1. The van der Waals surface area contributed by atoms with Crippen molar-refractivity contribution in [2.45, 2.75) is 35.1 Å². The predicted molar refractivity (Wildman–Crippen MR) is 56.5 cm³/mol. The Hall–Kier alpha value is 0.164. The zero-order chi connectivity index (χ0) is 8.57. The third-order valence-corrected chi connectivity index (χ3v) is 0.400. The zero-order valence-electron chi connectivity index (χ0n) is 7.33. The van der Waals surface area contributed by atoms with E-state index in [2.05, 4.69) is 0 Å². The molecule has 0 unspecified atom stereocenters. The van der Waals surface area contributed by atoms with E-state index in [1.165, 1.54) is 6.92 Å². The van der Waals surface area contributed by atoms with Crippen LogP contribution in [-0.2, 0) is 42.3 Å². The van der Waals surface area contributed by atoms with Gasteiger partial charge < -0.3 is 17.0 Å². The van der Waals surface area contributed by atoms with Crippen molar-refractivity contribution in [3.63, 3.8) is 0 Å². The van der Waals surface area contributed by atoms with Crippen molar-refractivity contribution in [1.29, 1.82) is 0 Å². The second kappa shape index (κ2) is 29.2. The van der Waals surface area contributed by atoms with Gasteiger partial charge in [0, 0.05) is 32.7 Å².